The summed E-state index contributed by atoms with van der Waals surface area (Å²) in [4.78, 5) is 72.3. The number of esters is 4. The molecule has 17 nitrogen and oxygen atoms in total. The number of aliphatic hydroxyl groups excluding tert-OH is 1. The van der Waals surface area contributed by atoms with Crippen molar-refractivity contribution in [2.45, 2.75) is 277 Å². The molecule has 0 rings (SSSR count). The molecule has 19 heteroatoms. The van der Waals surface area contributed by atoms with Gasteiger partial charge >= 0.3 is 39.5 Å². The Kier molecular flexibility index (Phi) is 61.9. The van der Waals surface area contributed by atoms with Crippen LogP contribution >= 0.6 is 15.6 Å². The fraction of sp³-hybridized carbons (Fsp3) is 0.671. The van der Waals surface area contributed by atoms with E-state index in [2.05, 4.69) is 101 Å². The van der Waals surface area contributed by atoms with Crippen molar-refractivity contribution in [3.05, 3.63) is 122 Å². The third-order valence-corrected chi connectivity index (χ3v) is 15.9. The third-order valence-electron chi connectivity index (χ3n) is 14.0. The minimum absolute atomic E-state index is 0.0723. The molecule has 0 saturated carbocycles. The minimum Gasteiger partial charge on any atom is -0.461 e. The number of aliphatic hydroxyl groups is 1. The molecular weight excluding hydrogens is 1210 g/mol. The van der Waals surface area contributed by atoms with Gasteiger partial charge in [-0.2, -0.15) is 0 Å². The average molecular weight is 1330 g/mol. The van der Waals surface area contributed by atoms with E-state index in [4.69, 9.17) is 37.0 Å². The van der Waals surface area contributed by atoms with Crippen molar-refractivity contribution in [2.24, 2.45) is 0 Å². The third kappa shape index (κ3) is 64.2. The van der Waals surface area contributed by atoms with Crippen LogP contribution in [0.2, 0.25) is 0 Å². The lowest BCUT2D eigenvalue weighted by atomic mass is 10.1. The van der Waals surface area contributed by atoms with Gasteiger partial charge in [-0.3, -0.25) is 37.3 Å². The van der Waals surface area contributed by atoms with Crippen molar-refractivity contribution in [2.75, 3.05) is 39.6 Å². The molecule has 0 aliphatic heterocycles. The molecule has 0 aromatic heterocycles. The van der Waals surface area contributed by atoms with E-state index >= 15 is 0 Å². The molecule has 4 unspecified atom stereocenters. The number of hydrogen-bond donors (Lipinski definition) is 3. The van der Waals surface area contributed by atoms with Gasteiger partial charge in [0.15, 0.2) is 12.2 Å². The topological polar surface area (TPSA) is 237 Å². The standard InChI is InChI=1S/C73H122O17P2/c1-5-9-13-17-21-25-29-31-33-35-39-41-45-49-53-57-70(75)83-63-68(89-72(77)59-55-51-47-43-37-27-23-19-15-11-7-3)65-87-91(79,80)85-61-67(74)62-86-92(81,82)88-66-69(90-73(78)60-56-52-48-44-38-28-24-20-16-12-8-4)64-84-71(76)58-54-50-46-42-40-36-34-32-30-26-22-18-14-10-6-2/h9-10,13-14,21-22,25-26,31-34,39-42,49-50,53-54,67-69,74H,5-8,11-12,15-20,23-24,27-30,35-38,43-48,51-52,55-66H2,1-4H3,(H,79,80)(H,81,82)/b13-9-,14-10-,25-21-,26-22-,33-31-,34-32-,41-39-,42-40-,53-49-,54-50-. The van der Waals surface area contributed by atoms with Crippen LogP contribution in [0.5, 0.6) is 0 Å². The van der Waals surface area contributed by atoms with Crippen molar-refractivity contribution in [1.29, 1.82) is 0 Å². The van der Waals surface area contributed by atoms with Gasteiger partial charge in [0.05, 0.1) is 39.3 Å². The van der Waals surface area contributed by atoms with Crippen LogP contribution in [0, 0.1) is 0 Å². The monoisotopic (exact) mass is 1330 g/mol. The first kappa shape index (κ1) is 87.5. The van der Waals surface area contributed by atoms with E-state index in [1.807, 2.05) is 36.5 Å². The Morgan fingerprint density at radius 3 is 0.826 bits per heavy atom. The van der Waals surface area contributed by atoms with Gasteiger partial charge in [-0.25, -0.2) is 9.13 Å². The molecule has 0 saturated heterocycles. The summed E-state index contributed by atoms with van der Waals surface area (Å²) in [6.45, 7) is 4.37. The highest BCUT2D eigenvalue weighted by molar-refractivity contribution is 7.47. The van der Waals surface area contributed by atoms with Crippen LogP contribution in [0.1, 0.15) is 259 Å². The number of rotatable bonds is 64. The number of phosphoric ester groups is 2. The second-order valence-corrected chi connectivity index (χ2v) is 25.7. The first-order valence-electron chi connectivity index (χ1n) is 34.8. The molecule has 0 aromatic carbocycles. The lowest BCUT2D eigenvalue weighted by Crippen LogP contribution is -2.30. The summed E-state index contributed by atoms with van der Waals surface area (Å²) >= 11 is 0. The van der Waals surface area contributed by atoms with Crippen molar-refractivity contribution in [3.63, 3.8) is 0 Å². The Labute approximate surface area is 555 Å². The molecule has 526 valence electrons. The maximum atomic E-state index is 13.0. The zero-order chi connectivity index (χ0) is 67.5. The van der Waals surface area contributed by atoms with Gasteiger partial charge in [-0.1, -0.05) is 278 Å². The number of carbonyl (C=O) groups excluding carboxylic acids is 4. The smallest absolute Gasteiger partial charge is 0.461 e. The Balaban J connectivity index is 5.44. The lowest BCUT2D eigenvalue weighted by molar-refractivity contribution is -0.161. The highest BCUT2D eigenvalue weighted by atomic mass is 31.2. The predicted molar refractivity (Wildman–Crippen MR) is 371 cm³/mol. The Hall–Kier alpha value is -4.54. The van der Waals surface area contributed by atoms with E-state index in [-0.39, 0.29) is 25.7 Å². The van der Waals surface area contributed by atoms with Gasteiger partial charge in [0.1, 0.15) is 19.3 Å². The molecule has 92 heavy (non-hydrogen) atoms. The molecule has 0 radical (unpaired) electrons. The van der Waals surface area contributed by atoms with Crippen molar-refractivity contribution in [1.82, 2.24) is 0 Å². The number of allylic oxidation sites excluding steroid dienone is 18. The molecule has 0 amide bonds. The second kappa shape index (κ2) is 65.1. The lowest BCUT2D eigenvalue weighted by Gasteiger charge is -2.21. The van der Waals surface area contributed by atoms with E-state index in [0.29, 0.717) is 25.7 Å². The first-order valence-corrected chi connectivity index (χ1v) is 37.8. The maximum Gasteiger partial charge on any atom is 0.472 e. The molecule has 4 atom stereocenters. The Morgan fingerprint density at radius 2 is 0.554 bits per heavy atom. The summed E-state index contributed by atoms with van der Waals surface area (Å²) in [5.41, 5.74) is 0. The number of hydrogen-bond acceptors (Lipinski definition) is 15. The van der Waals surface area contributed by atoms with Crippen LogP contribution in [-0.2, 0) is 65.4 Å². The number of carbonyl (C=O) groups is 4. The minimum atomic E-state index is -4.99. The second-order valence-electron chi connectivity index (χ2n) is 22.8. The molecule has 0 heterocycles. The zero-order valence-corrected chi connectivity index (χ0v) is 58.7. The summed E-state index contributed by atoms with van der Waals surface area (Å²) in [7, 11) is -9.98. The van der Waals surface area contributed by atoms with Gasteiger partial charge in [0.25, 0.3) is 0 Å². The van der Waals surface area contributed by atoms with Crippen molar-refractivity contribution < 1.29 is 80.2 Å². The Bertz CT molecular complexity index is 2080. The largest absolute Gasteiger partial charge is 0.472 e. The van der Waals surface area contributed by atoms with Crippen LogP contribution < -0.4 is 0 Å². The molecule has 0 aliphatic rings. The van der Waals surface area contributed by atoms with E-state index in [9.17, 15) is 43.2 Å². The van der Waals surface area contributed by atoms with Crippen molar-refractivity contribution in [3.8, 4) is 0 Å². The molecule has 0 spiro atoms. The summed E-state index contributed by atoms with van der Waals surface area (Å²) in [6, 6.07) is 0. The van der Waals surface area contributed by atoms with Crippen LogP contribution in [0.15, 0.2) is 122 Å². The molecule has 3 N–H and O–H groups in total. The highest BCUT2D eigenvalue weighted by Crippen LogP contribution is 2.45. The number of unbranched alkanes of at least 4 members (excludes halogenated alkanes) is 20. The fourth-order valence-corrected chi connectivity index (χ4v) is 10.4. The summed E-state index contributed by atoms with van der Waals surface area (Å²) in [6.07, 6.45) is 68.6. The number of phosphoric acid groups is 2. The van der Waals surface area contributed by atoms with Gasteiger partial charge < -0.3 is 33.8 Å². The summed E-state index contributed by atoms with van der Waals surface area (Å²) in [5, 5.41) is 10.6. The van der Waals surface area contributed by atoms with E-state index in [1.54, 1.807) is 12.2 Å². The molecule has 0 aliphatic carbocycles. The van der Waals surface area contributed by atoms with Crippen LogP contribution in [0.25, 0.3) is 0 Å². The number of ether oxygens (including phenoxy) is 4. The molecule has 0 bridgehead atoms. The maximum absolute atomic E-state index is 13.0. The van der Waals surface area contributed by atoms with Crippen LogP contribution in [0.3, 0.4) is 0 Å². The highest BCUT2D eigenvalue weighted by Gasteiger charge is 2.30. The van der Waals surface area contributed by atoms with Gasteiger partial charge in [-0.05, 0) is 77.0 Å². The fourth-order valence-electron chi connectivity index (χ4n) is 8.78. The van der Waals surface area contributed by atoms with Gasteiger partial charge in [0, 0.05) is 12.8 Å². The van der Waals surface area contributed by atoms with Crippen LogP contribution in [-0.4, -0.2) is 96.7 Å². The normalized spacial score (nSPS) is 14.8. The van der Waals surface area contributed by atoms with E-state index < -0.39 is 97.5 Å². The van der Waals surface area contributed by atoms with Gasteiger partial charge in [-0.15, -0.1) is 0 Å². The first-order chi connectivity index (χ1) is 44.7. The SMILES string of the molecule is CC/C=C\C/C=C\C/C=C\C/C=C\C/C=C\CC(=O)OCC(COP(=O)(O)OCC(O)COP(=O)(O)OCC(COC(=O)C/C=C\C/C=C\C/C=C\C/C=C\C/C=C\CC)OC(=O)CCCCCCCCCCCCC)OC(=O)CCCCCCCCCCCCC. The summed E-state index contributed by atoms with van der Waals surface area (Å²) < 4.78 is 67.9. The van der Waals surface area contributed by atoms with E-state index in [0.717, 1.165) is 103 Å². The Morgan fingerprint density at radius 1 is 0.315 bits per heavy atom. The zero-order valence-electron chi connectivity index (χ0n) is 56.9. The molecule has 0 aromatic rings. The van der Waals surface area contributed by atoms with Gasteiger partial charge in [0.2, 0.25) is 0 Å². The average Bonchev–Trinajstić information content (AvgIpc) is 2.55. The van der Waals surface area contributed by atoms with E-state index in [1.165, 1.54) is 77.0 Å². The van der Waals surface area contributed by atoms with Crippen molar-refractivity contribution >= 4 is 39.5 Å². The van der Waals surface area contributed by atoms with Crippen LogP contribution in [0.4, 0.5) is 0 Å². The summed E-state index contributed by atoms with van der Waals surface area (Å²) in [5.74, 6) is -2.47. The predicted octanol–water partition coefficient (Wildman–Crippen LogP) is 19.2. The molecule has 0 fully saturated rings. The quantitative estimate of drug-likeness (QED) is 0.0169. The molecular formula is C73H122O17P2.